The van der Waals surface area contributed by atoms with Crippen molar-refractivity contribution in [2.24, 2.45) is 5.92 Å². The zero-order valence-electron chi connectivity index (χ0n) is 12.7. The molecule has 0 heterocycles. The molecular weight excluding hydrogens is 248 g/mol. The van der Waals surface area contributed by atoms with Crippen molar-refractivity contribution >= 4 is 12.1 Å². The first-order chi connectivity index (χ1) is 8.75. The van der Waals surface area contributed by atoms with Crippen LogP contribution in [0.4, 0.5) is 4.79 Å². The van der Waals surface area contributed by atoms with Gasteiger partial charge in [-0.2, -0.15) is 0 Å². The minimum atomic E-state index is -0.618. The first-order valence-corrected chi connectivity index (χ1v) is 6.57. The maximum atomic E-state index is 11.7. The fraction of sp³-hybridized carbons (Fsp3) is 0.846. The Balaban J connectivity index is 4.50. The molecule has 0 aromatic heterocycles. The van der Waals surface area contributed by atoms with E-state index in [1.807, 2.05) is 13.8 Å². The first-order valence-electron chi connectivity index (χ1n) is 6.57. The van der Waals surface area contributed by atoms with Gasteiger partial charge < -0.3 is 9.47 Å². The summed E-state index contributed by atoms with van der Waals surface area (Å²) in [5, 5.41) is 0. The number of hydrogen-bond donors (Lipinski definition) is 2. The lowest BCUT2D eigenvalue weighted by Crippen LogP contribution is -2.53. The highest BCUT2D eigenvalue weighted by Gasteiger charge is 2.27. The van der Waals surface area contributed by atoms with E-state index in [2.05, 4.69) is 10.9 Å². The van der Waals surface area contributed by atoms with Gasteiger partial charge in [0.15, 0.2) is 0 Å². The summed E-state index contributed by atoms with van der Waals surface area (Å²) in [5.41, 5.74) is 4.51. The lowest BCUT2D eigenvalue weighted by molar-refractivity contribution is -0.145. The largest absolute Gasteiger partial charge is 0.468 e. The van der Waals surface area contributed by atoms with Gasteiger partial charge in [-0.3, -0.25) is 10.2 Å². The number of nitrogens with one attached hydrogen (secondary N) is 2. The maximum Gasteiger partial charge on any atom is 0.422 e. The zero-order valence-corrected chi connectivity index (χ0v) is 12.7. The van der Waals surface area contributed by atoms with Gasteiger partial charge >= 0.3 is 12.1 Å². The van der Waals surface area contributed by atoms with E-state index >= 15 is 0 Å². The molecule has 112 valence electrons. The molecule has 0 aromatic rings. The molecule has 6 heteroatoms. The normalized spacial score (nSPS) is 13.0. The smallest absolute Gasteiger partial charge is 0.422 e. The Morgan fingerprint density at radius 2 is 1.68 bits per heavy atom. The predicted molar refractivity (Wildman–Crippen MR) is 72.4 cm³/mol. The Labute approximate surface area is 115 Å². The van der Waals surface area contributed by atoms with Crippen LogP contribution >= 0.6 is 0 Å². The molecule has 1 atom stereocenters. The van der Waals surface area contributed by atoms with Crippen molar-refractivity contribution in [1.82, 2.24) is 10.9 Å². The highest BCUT2D eigenvalue weighted by molar-refractivity contribution is 5.76. The molecule has 2 N–H and O–H groups in total. The van der Waals surface area contributed by atoms with Crippen LogP contribution in [0.25, 0.3) is 0 Å². The van der Waals surface area contributed by atoms with Gasteiger partial charge in [-0.1, -0.05) is 26.7 Å². The number of hydrogen-bond acceptors (Lipinski definition) is 5. The third-order valence-corrected chi connectivity index (χ3v) is 2.70. The fourth-order valence-corrected chi connectivity index (χ4v) is 1.70. The van der Waals surface area contributed by atoms with Crippen LogP contribution in [-0.4, -0.2) is 30.8 Å². The highest BCUT2D eigenvalue weighted by atomic mass is 16.6. The third-order valence-electron chi connectivity index (χ3n) is 2.70. The van der Waals surface area contributed by atoms with Gasteiger partial charge in [0.05, 0.1) is 7.11 Å². The average Bonchev–Trinajstić information content (AvgIpc) is 2.31. The Kier molecular flexibility index (Phi) is 7.44. The summed E-state index contributed by atoms with van der Waals surface area (Å²) < 4.78 is 9.82. The van der Waals surface area contributed by atoms with E-state index in [-0.39, 0.29) is 5.92 Å². The van der Waals surface area contributed by atoms with E-state index in [1.54, 1.807) is 20.8 Å². The molecule has 0 aliphatic rings. The number of methoxy groups -OCH3 is 1. The van der Waals surface area contributed by atoms with Crippen molar-refractivity contribution in [1.29, 1.82) is 0 Å². The Morgan fingerprint density at radius 1 is 1.16 bits per heavy atom. The summed E-state index contributed by atoms with van der Waals surface area (Å²) in [5.74, 6) is -0.313. The van der Waals surface area contributed by atoms with Crippen LogP contribution in [-0.2, 0) is 14.3 Å². The van der Waals surface area contributed by atoms with Gasteiger partial charge in [-0.05, 0) is 26.7 Å². The molecule has 1 amide bonds. The molecule has 0 fully saturated rings. The van der Waals surface area contributed by atoms with Crippen LogP contribution in [0.3, 0.4) is 0 Å². The van der Waals surface area contributed by atoms with Crippen molar-refractivity contribution in [3.63, 3.8) is 0 Å². The molecule has 0 saturated heterocycles. The first kappa shape index (κ1) is 17.7. The van der Waals surface area contributed by atoms with Crippen molar-refractivity contribution in [3.8, 4) is 0 Å². The van der Waals surface area contributed by atoms with Crippen LogP contribution in [0.2, 0.25) is 0 Å². The van der Waals surface area contributed by atoms with Crippen molar-refractivity contribution < 1.29 is 19.1 Å². The van der Waals surface area contributed by atoms with Crippen LogP contribution in [0, 0.1) is 5.92 Å². The second kappa shape index (κ2) is 7.99. The Morgan fingerprint density at radius 3 is 2.05 bits per heavy atom. The fourth-order valence-electron chi connectivity index (χ4n) is 1.70. The number of esters is 1. The molecule has 0 bridgehead atoms. The molecule has 0 radical (unpaired) electrons. The quantitative estimate of drug-likeness (QED) is 0.572. The number of carbonyl (C=O) groups is 2. The highest BCUT2D eigenvalue weighted by Crippen LogP contribution is 2.14. The van der Waals surface area contributed by atoms with Gasteiger partial charge in [-0.25, -0.2) is 10.2 Å². The molecule has 0 aromatic carbocycles. The third kappa shape index (κ3) is 7.00. The zero-order chi connectivity index (χ0) is 15.1. The van der Waals surface area contributed by atoms with Gasteiger partial charge in [0.1, 0.15) is 11.6 Å². The summed E-state index contributed by atoms with van der Waals surface area (Å²) in [6.07, 6.45) is 0.991. The van der Waals surface area contributed by atoms with Crippen molar-refractivity contribution in [2.75, 3.05) is 7.11 Å². The molecule has 0 aliphatic heterocycles. The number of rotatable bonds is 6. The Hall–Kier alpha value is -1.30. The van der Waals surface area contributed by atoms with Gasteiger partial charge in [-0.15, -0.1) is 0 Å². The maximum absolute atomic E-state index is 11.7. The second-order valence-corrected chi connectivity index (χ2v) is 5.35. The molecular formula is C13H26N2O4. The van der Waals surface area contributed by atoms with Crippen LogP contribution < -0.4 is 10.9 Å². The van der Waals surface area contributed by atoms with E-state index in [0.717, 1.165) is 12.8 Å². The average molecular weight is 274 g/mol. The summed E-state index contributed by atoms with van der Waals surface area (Å²) >= 11 is 0. The SMILES string of the molecule is CCC(CC)[C@@H](NNC(=O)OC(C)(C)C)C(=O)OC. The summed E-state index contributed by atoms with van der Waals surface area (Å²) in [6, 6.07) is -0.576. The summed E-state index contributed by atoms with van der Waals surface area (Å²) in [6.45, 7) is 9.28. The van der Waals surface area contributed by atoms with E-state index in [0.29, 0.717) is 0 Å². The summed E-state index contributed by atoms with van der Waals surface area (Å²) in [7, 11) is 1.33. The molecule has 19 heavy (non-hydrogen) atoms. The minimum Gasteiger partial charge on any atom is -0.468 e. The monoisotopic (exact) mass is 274 g/mol. The number of hydrazine groups is 1. The Bertz CT molecular complexity index is 296. The minimum absolute atomic E-state index is 0.0855. The van der Waals surface area contributed by atoms with Gasteiger partial charge in [0.2, 0.25) is 0 Å². The lowest BCUT2D eigenvalue weighted by atomic mass is 9.95. The number of carbonyl (C=O) groups excluding carboxylic acids is 2. The van der Waals surface area contributed by atoms with Crippen molar-refractivity contribution in [3.05, 3.63) is 0 Å². The predicted octanol–water partition coefficient (Wildman–Crippen LogP) is 1.99. The van der Waals surface area contributed by atoms with Crippen LogP contribution in [0.5, 0.6) is 0 Å². The van der Waals surface area contributed by atoms with E-state index in [1.165, 1.54) is 7.11 Å². The molecule has 0 unspecified atom stereocenters. The standard InChI is InChI=1S/C13H26N2O4/c1-7-9(8-2)10(11(16)18-6)14-15-12(17)19-13(3,4)5/h9-10,14H,7-8H2,1-6H3,(H,15,17)/t10-/m1/s1. The molecule has 0 saturated carbocycles. The van der Waals surface area contributed by atoms with Crippen LogP contribution in [0.15, 0.2) is 0 Å². The van der Waals surface area contributed by atoms with Crippen LogP contribution in [0.1, 0.15) is 47.5 Å². The molecule has 0 spiro atoms. The lowest BCUT2D eigenvalue weighted by Gasteiger charge is -2.25. The van der Waals surface area contributed by atoms with E-state index in [9.17, 15) is 9.59 Å². The van der Waals surface area contributed by atoms with E-state index in [4.69, 9.17) is 9.47 Å². The van der Waals surface area contributed by atoms with E-state index < -0.39 is 23.7 Å². The van der Waals surface area contributed by atoms with Crippen molar-refractivity contribution in [2.45, 2.75) is 59.1 Å². The second-order valence-electron chi connectivity index (χ2n) is 5.35. The van der Waals surface area contributed by atoms with Gasteiger partial charge in [0.25, 0.3) is 0 Å². The molecule has 0 aliphatic carbocycles. The topological polar surface area (TPSA) is 76.7 Å². The van der Waals surface area contributed by atoms with Gasteiger partial charge in [0, 0.05) is 0 Å². The number of ether oxygens (including phenoxy) is 2. The molecule has 0 rings (SSSR count). The number of amides is 1. The summed E-state index contributed by atoms with van der Waals surface area (Å²) in [4.78, 5) is 23.2. The molecule has 6 nitrogen and oxygen atoms in total.